The second-order valence-corrected chi connectivity index (χ2v) is 4.62. The predicted octanol–water partition coefficient (Wildman–Crippen LogP) is 1.28. The van der Waals surface area contributed by atoms with Crippen molar-refractivity contribution in [2.75, 3.05) is 6.54 Å². The van der Waals surface area contributed by atoms with E-state index in [1.54, 1.807) is 0 Å². The minimum Gasteiger partial charge on any atom is -0.354 e. The number of nitrogens with two attached hydrogens (primary N) is 1. The molecular formula is C11H22N2O. The first-order valence-corrected chi connectivity index (χ1v) is 5.64. The monoisotopic (exact) mass is 198 g/mol. The second-order valence-electron chi connectivity index (χ2n) is 4.62. The molecule has 0 aromatic heterocycles. The van der Waals surface area contributed by atoms with Crippen LogP contribution in [0, 0.1) is 11.8 Å². The summed E-state index contributed by atoms with van der Waals surface area (Å²) in [6.07, 6.45) is 4.26. The minimum atomic E-state index is 0.232. The lowest BCUT2D eigenvalue weighted by atomic mass is 9.81. The van der Waals surface area contributed by atoms with Crippen LogP contribution in [0.15, 0.2) is 0 Å². The fourth-order valence-corrected chi connectivity index (χ4v) is 2.06. The van der Waals surface area contributed by atoms with E-state index < -0.39 is 0 Å². The van der Waals surface area contributed by atoms with Gasteiger partial charge in [-0.15, -0.1) is 0 Å². The van der Waals surface area contributed by atoms with E-state index in [0.717, 1.165) is 32.2 Å². The van der Waals surface area contributed by atoms with Crippen LogP contribution < -0.4 is 11.1 Å². The maximum absolute atomic E-state index is 11.7. The first-order chi connectivity index (χ1) is 6.63. The third-order valence-corrected chi connectivity index (χ3v) is 2.98. The summed E-state index contributed by atoms with van der Waals surface area (Å²) in [6.45, 7) is 4.78. The van der Waals surface area contributed by atoms with E-state index in [1.165, 1.54) is 0 Å². The van der Waals surface area contributed by atoms with E-state index in [1.807, 2.05) is 13.8 Å². The smallest absolute Gasteiger partial charge is 0.223 e. The Labute approximate surface area is 86.4 Å². The first-order valence-electron chi connectivity index (χ1n) is 5.64. The Morgan fingerprint density at radius 1 is 1.36 bits per heavy atom. The van der Waals surface area contributed by atoms with Gasteiger partial charge < -0.3 is 11.1 Å². The van der Waals surface area contributed by atoms with Crippen LogP contribution in [0.5, 0.6) is 0 Å². The molecule has 1 aliphatic rings. The number of carbonyl (C=O) groups excluding carboxylic acids is 1. The Morgan fingerprint density at radius 3 is 2.36 bits per heavy atom. The quantitative estimate of drug-likeness (QED) is 0.717. The summed E-state index contributed by atoms with van der Waals surface area (Å²) in [5.74, 6) is 1.12. The molecule has 1 aliphatic carbocycles. The molecule has 1 rings (SSSR count). The lowest BCUT2D eigenvalue weighted by Crippen LogP contribution is -2.37. The Bertz CT molecular complexity index is 184. The van der Waals surface area contributed by atoms with Crippen molar-refractivity contribution in [3.05, 3.63) is 0 Å². The van der Waals surface area contributed by atoms with Crippen molar-refractivity contribution < 1.29 is 4.79 Å². The van der Waals surface area contributed by atoms with E-state index in [0.29, 0.717) is 5.92 Å². The van der Waals surface area contributed by atoms with Gasteiger partial charge in [-0.1, -0.05) is 0 Å². The van der Waals surface area contributed by atoms with Gasteiger partial charge in [-0.25, -0.2) is 0 Å². The topological polar surface area (TPSA) is 55.1 Å². The first kappa shape index (κ1) is 11.5. The molecule has 0 radical (unpaired) electrons. The van der Waals surface area contributed by atoms with Gasteiger partial charge in [0.15, 0.2) is 0 Å². The van der Waals surface area contributed by atoms with E-state index in [-0.39, 0.29) is 17.9 Å². The molecule has 0 aromatic carbocycles. The Morgan fingerprint density at radius 2 is 1.93 bits per heavy atom. The van der Waals surface area contributed by atoms with Gasteiger partial charge in [0.2, 0.25) is 5.91 Å². The Balaban J connectivity index is 2.30. The number of hydrogen-bond acceptors (Lipinski definition) is 2. The van der Waals surface area contributed by atoms with Crippen LogP contribution in [0.25, 0.3) is 0 Å². The second kappa shape index (κ2) is 5.35. The molecule has 0 aromatic rings. The van der Waals surface area contributed by atoms with Gasteiger partial charge in [0.25, 0.3) is 0 Å². The summed E-state index contributed by atoms with van der Waals surface area (Å²) >= 11 is 0. The van der Waals surface area contributed by atoms with Crippen LogP contribution in [0.2, 0.25) is 0 Å². The number of rotatable bonds is 3. The zero-order valence-electron chi connectivity index (χ0n) is 9.25. The van der Waals surface area contributed by atoms with Crippen molar-refractivity contribution in [3.63, 3.8) is 0 Å². The number of amides is 1. The van der Waals surface area contributed by atoms with Crippen molar-refractivity contribution in [1.29, 1.82) is 0 Å². The molecule has 0 heterocycles. The number of nitrogens with one attached hydrogen (secondary N) is 1. The zero-order chi connectivity index (χ0) is 10.6. The molecule has 14 heavy (non-hydrogen) atoms. The molecule has 3 heteroatoms. The van der Waals surface area contributed by atoms with E-state index in [9.17, 15) is 4.79 Å². The summed E-state index contributed by atoms with van der Waals surface area (Å²) < 4.78 is 0. The molecule has 1 saturated carbocycles. The summed E-state index contributed by atoms with van der Waals surface area (Å²) in [7, 11) is 0. The third-order valence-electron chi connectivity index (χ3n) is 2.98. The summed E-state index contributed by atoms with van der Waals surface area (Å²) in [5, 5.41) is 2.98. The lowest BCUT2D eigenvalue weighted by Gasteiger charge is -2.27. The lowest BCUT2D eigenvalue weighted by molar-refractivity contribution is -0.126. The molecular weight excluding hydrogens is 176 g/mol. The van der Waals surface area contributed by atoms with Gasteiger partial charge >= 0.3 is 0 Å². The highest BCUT2D eigenvalue weighted by Crippen LogP contribution is 2.28. The fourth-order valence-electron chi connectivity index (χ4n) is 2.06. The van der Waals surface area contributed by atoms with Gasteiger partial charge in [0, 0.05) is 12.0 Å². The minimum absolute atomic E-state index is 0.232. The molecule has 3 nitrogen and oxygen atoms in total. The maximum atomic E-state index is 11.7. The average Bonchev–Trinajstić information content (AvgIpc) is 2.17. The largest absolute Gasteiger partial charge is 0.354 e. The molecule has 0 unspecified atom stereocenters. The van der Waals surface area contributed by atoms with Crippen molar-refractivity contribution in [2.24, 2.45) is 17.6 Å². The van der Waals surface area contributed by atoms with Gasteiger partial charge in [-0.3, -0.25) is 4.79 Å². The van der Waals surface area contributed by atoms with Crippen LogP contribution in [-0.2, 0) is 4.79 Å². The summed E-state index contributed by atoms with van der Waals surface area (Å²) in [4.78, 5) is 11.7. The van der Waals surface area contributed by atoms with Crippen LogP contribution in [0.4, 0.5) is 0 Å². The van der Waals surface area contributed by atoms with Crippen molar-refractivity contribution in [2.45, 2.75) is 45.6 Å². The maximum Gasteiger partial charge on any atom is 0.223 e. The zero-order valence-corrected chi connectivity index (χ0v) is 9.25. The molecule has 3 N–H and O–H groups in total. The van der Waals surface area contributed by atoms with Gasteiger partial charge in [-0.05, 0) is 52.0 Å². The average molecular weight is 198 g/mol. The molecule has 1 amide bonds. The Kier molecular flexibility index (Phi) is 4.39. The predicted molar refractivity (Wildman–Crippen MR) is 57.8 cm³/mol. The van der Waals surface area contributed by atoms with Crippen LogP contribution in [0.1, 0.15) is 39.5 Å². The highest BCUT2D eigenvalue weighted by Gasteiger charge is 2.25. The van der Waals surface area contributed by atoms with Gasteiger partial charge in [-0.2, -0.15) is 0 Å². The Hall–Kier alpha value is -0.570. The highest BCUT2D eigenvalue weighted by molar-refractivity contribution is 5.78. The van der Waals surface area contributed by atoms with E-state index in [4.69, 9.17) is 5.73 Å². The molecule has 0 saturated heterocycles. The van der Waals surface area contributed by atoms with Gasteiger partial charge in [0.1, 0.15) is 0 Å². The molecule has 82 valence electrons. The van der Waals surface area contributed by atoms with Crippen molar-refractivity contribution >= 4 is 5.91 Å². The van der Waals surface area contributed by atoms with Crippen molar-refractivity contribution in [3.8, 4) is 0 Å². The SMILES string of the molecule is CC(C)NC(=O)C1CCC(CN)CC1. The van der Waals surface area contributed by atoms with E-state index >= 15 is 0 Å². The molecule has 0 aliphatic heterocycles. The van der Waals surface area contributed by atoms with Crippen LogP contribution in [-0.4, -0.2) is 18.5 Å². The standard InChI is InChI=1S/C11H22N2O/c1-8(2)13-11(14)10-5-3-9(7-12)4-6-10/h8-10H,3-7,12H2,1-2H3,(H,13,14). The van der Waals surface area contributed by atoms with Gasteiger partial charge in [0.05, 0.1) is 0 Å². The molecule has 0 spiro atoms. The third kappa shape index (κ3) is 3.29. The fraction of sp³-hybridized carbons (Fsp3) is 0.909. The van der Waals surface area contributed by atoms with Crippen LogP contribution in [0.3, 0.4) is 0 Å². The number of carbonyl (C=O) groups is 1. The normalized spacial score (nSPS) is 27.7. The van der Waals surface area contributed by atoms with Crippen molar-refractivity contribution in [1.82, 2.24) is 5.32 Å². The number of hydrogen-bond donors (Lipinski definition) is 2. The van der Waals surface area contributed by atoms with Crippen LogP contribution >= 0.6 is 0 Å². The highest BCUT2D eigenvalue weighted by atomic mass is 16.1. The summed E-state index contributed by atoms with van der Waals surface area (Å²) in [6, 6.07) is 0.259. The molecule has 0 atom stereocenters. The van der Waals surface area contributed by atoms with E-state index in [2.05, 4.69) is 5.32 Å². The summed E-state index contributed by atoms with van der Waals surface area (Å²) in [5.41, 5.74) is 5.60. The molecule has 1 fully saturated rings. The molecule has 0 bridgehead atoms.